The van der Waals surface area contributed by atoms with E-state index in [1.807, 2.05) is 55.5 Å². The number of pyridine rings is 1. The molecule has 0 radical (unpaired) electrons. The van der Waals surface area contributed by atoms with Crippen LogP contribution in [-0.4, -0.2) is 16.1 Å². The van der Waals surface area contributed by atoms with Gasteiger partial charge in [0.2, 0.25) is 0 Å². The summed E-state index contributed by atoms with van der Waals surface area (Å²) in [6.07, 6.45) is 3.53. The molecule has 0 bridgehead atoms. The van der Waals surface area contributed by atoms with Gasteiger partial charge in [0.1, 0.15) is 12.4 Å². The summed E-state index contributed by atoms with van der Waals surface area (Å²) in [4.78, 5) is 15.3. The van der Waals surface area contributed by atoms with Gasteiger partial charge in [-0.15, -0.1) is 0 Å². The number of carboxylic acid groups (broad SMARTS) is 1. The molecule has 126 valence electrons. The van der Waals surface area contributed by atoms with Crippen molar-refractivity contribution in [3.05, 3.63) is 83.7 Å². The number of carboxylic acids is 1. The quantitative estimate of drug-likeness (QED) is 0.732. The standard InChI is InChI=1S/C21H19NO3/c1-15-9-18(13-22-12-15)19-10-17(11-21(23)24)7-8-20(19)25-14-16-5-3-2-4-6-16/h2-10,12-13H,11,14H2,1H3,(H,23,24). The summed E-state index contributed by atoms with van der Waals surface area (Å²) < 4.78 is 6.00. The number of rotatable bonds is 6. The molecular formula is C21H19NO3. The second-order valence-electron chi connectivity index (χ2n) is 5.93. The Labute approximate surface area is 146 Å². The molecule has 0 unspecified atom stereocenters. The molecule has 0 fully saturated rings. The monoisotopic (exact) mass is 333 g/mol. The second kappa shape index (κ2) is 7.62. The van der Waals surface area contributed by atoms with Crippen molar-refractivity contribution < 1.29 is 14.6 Å². The summed E-state index contributed by atoms with van der Waals surface area (Å²) in [5.74, 6) is -0.142. The zero-order valence-corrected chi connectivity index (χ0v) is 14.0. The molecule has 1 heterocycles. The van der Waals surface area contributed by atoms with Crippen molar-refractivity contribution in [2.45, 2.75) is 20.0 Å². The van der Waals surface area contributed by atoms with Gasteiger partial charge in [-0.2, -0.15) is 0 Å². The topological polar surface area (TPSA) is 59.4 Å². The van der Waals surface area contributed by atoms with Crippen LogP contribution in [-0.2, 0) is 17.8 Å². The van der Waals surface area contributed by atoms with Gasteiger partial charge in [0, 0.05) is 23.5 Å². The van der Waals surface area contributed by atoms with Gasteiger partial charge in [0.05, 0.1) is 6.42 Å². The van der Waals surface area contributed by atoms with Gasteiger partial charge < -0.3 is 9.84 Å². The van der Waals surface area contributed by atoms with Crippen molar-refractivity contribution in [1.82, 2.24) is 4.98 Å². The third-order valence-corrected chi connectivity index (χ3v) is 3.82. The lowest BCUT2D eigenvalue weighted by Gasteiger charge is -2.13. The van der Waals surface area contributed by atoms with E-state index >= 15 is 0 Å². The third kappa shape index (κ3) is 4.44. The van der Waals surface area contributed by atoms with Crippen LogP contribution in [0.1, 0.15) is 16.7 Å². The first kappa shape index (κ1) is 16.7. The van der Waals surface area contributed by atoms with Crippen LogP contribution in [0.3, 0.4) is 0 Å². The summed E-state index contributed by atoms with van der Waals surface area (Å²) in [6.45, 7) is 2.42. The number of carbonyl (C=O) groups is 1. The van der Waals surface area contributed by atoms with Crippen LogP contribution in [0, 0.1) is 6.92 Å². The number of aryl methyl sites for hydroxylation is 1. The molecule has 0 aliphatic carbocycles. The van der Waals surface area contributed by atoms with Crippen LogP contribution in [0.4, 0.5) is 0 Å². The molecule has 0 amide bonds. The lowest BCUT2D eigenvalue weighted by Crippen LogP contribution is -2.02. The maximum absolute atomic E-state index is 11.0. The van der Waals surface area contributed by atoms with Crippen molar-refractivity contribution >= 4 is 5.97 Å². The van der Waals surface area contributed by atoms with Gasteiger partial charge in [0.25, 0.3) is 0 Å². The molecule has 4 nitrogen and oxygen atoms in total. The van der Waals surface area contributed by atoms with Gasteiger partial charge in [0.15, 0.2) is 0 Å². The Hall–Kier alpha value is -3.14. The van der Waals surface area contributed by atoms with E-state index in [2.05, 4.69) is 4.98 Å². The molecule has 1 N–H and O–H groups in total. The van der Waals surface area contributed by atoms with Crippen LogP contribution in [0.15, 0.2) is 67.0 Å². The van der Waals surface area contributed by atoms with Crippen molar-refractivity contribution in [2.24, 2.45) is 0 Å². The van der Waals surface area contributed by atoms with E-state index in [1.54, 1.807) is 18.5 Å². The van der Waals surface area contributed by atoms with Crippen LogP contribution in [0.2, 0.25) is 0 Å². The van der Waals surface area contributed by atoms with E-state index in [1.165, 1.54) is 0 Å². The lowest BCUT2D eigenvalue weighted by molar-refractivity contribution is -0.136. The molecule has 0 aliphatic heterocycles. The number of hydrogen-bond donors (Lipinski definition) is 1. The number of nitrogens with zero attached hydrogens (tertiary/aromatic N) is 1. The van der Waals surface area contributed by atoms with Gasteiger partial charge in [-0.3, -0.25) is 9.78 Å². The van der Waals surface area contributed by atoms with E-state index in [9.17, 15) is 4.79 Å². The van der Waals surface area contributed by atoms with E-state index in [0.29, 0.717) is 12.4 Å². The molecule has 4 heteroatoms. The molecule has 0 aliphatic rings. The first-order valence-corrected chi connectivity index (χ1v) is 8.05. The molecule has 0 saturated heterocycles. The smallest absolute Gasteiger partial charge is 0.307 e. The van der Waals surface area contributed by atoms with Gasteiger partial charge in [-0.1, -0.05) is 36.4 Å². The van der Waals surface area contributed by atoms with Gasteiger partial charge in [-0.25, -0.2) is 0 Å². The average Bonchev–Trinajstić information content (AvgIpc) is 2.61. The summed E-state index contributed by atoms with van der Waals surface area (Å²) in [7, 11) is 0. The molecule has 0 spiro atoms. The highest BCUT2D eigenvalue weighted by Gasteiger charge is 2.11. The highest BCUT2D eigenvalue weighted by Crippen LogP contribution is 2.32. The Morgan fingerprint density at radius 2 is 1.84 bits per heavy atom. The Balaban J connectivity index is 1.94. The minimum absolute atomic E-state index is 0.0226. The molecule has 1 aromatic heterocycles. The minimum Gasteiger partial charge on any atom is -0.488 e. The van der Waals surface area contributed by atoms with Crippen LogP contribution >= 0.6 is 0 Å². The minimum atomic E-state index is -0.855. The average molecular weight is 333 g/mol. The second-order valence-corrected chi connectivity index (χ2v) is 5.93. The Morgan fingerprint density at radius 3 is 2.56 bits per heavy atom. The van der Waals surface area contributed by atoms with E-state index in [0.717, 1.165) is 27.8 Å². The predicted octanol–water partition coefficient (Wildman–Crippen LogP) is 4.26. The Morgan fingerprint density at radius 1 is 1.04 bits per heavy atom. The fourth-order valence-electron chi connectivity index (χ4n) is 2.65. The maximum Gasteiger partial charge on any atom is 0.307 e. The SMILES string of the molecule is Cc1cncc(-c2cc(CC(=O)O)ccc2OCc2ccccc2)c1. The predicted molar refractivity (Wildman–Crippen MR) is 96.5 cm³/mol. The Bertz CT molecular complexity index is 875. The Kier molecular flexibility index (Phi) is 5.09. The third-order valence-electron chi connectivity index (χ3n) is 3.82. The summed E-state index contributed by atoms with van der Waals surface area (Å²) >= 11 is 0. The number of benzene rings is 2. The molecular weight excluding hydrogens is 314 g/mol. The van der Waals surface area contributed by atoms with Crippen molar-refractivity contribution in [3.63, 3.8) is 0 Å². The number of aliphatic carboxylic acids is 1. The molecule has 3 aromatic rings. The highest BCUT2D eigenvalue weighted by atomic mass is 16.5. The summed E-state index contributed by atoms with van der Waals surface area (Å²) in [6, 6.07) is 17.4. The summed E-state index contributed by atoms with van der Waals surface area (Å²) in [5, 5.41) is 9.05. The first-order chi connectivity index (χ1) is 12.1. The van der Waals surface area contributed by atoms with E-state index < -0.39 is 5.97 Å². The maximum atomic E-state index is 11.0. The molecule has 0 atom stereocenters. The van der Waals surface area contributed by atoms with Crippen molar-refractivity contribution in [2.75, 3.05) is 0 Å². The van der Waals surface area contributed by atoms with Crippen LogP contribution in [0.25, 0.3) is 11.1 Å². The summed E-state index contributed by atoms with van der Waals surface area (Å²) in [5.41, 5.74) is 4.61. The fraction of sp³-hybridized carbons (Fsp3) is 0.143. The largest absolute Gasteiger partial charge is 0.488 e. The molecule has 2 aromatic carbocycles. The highest BCUT2D eigenvalue weighted by molar-refractivity contribution is 5.75. The number of hydrogen-bond acceptors (Lipinski definition) is 3. The lowest BCUT2D eigenvalue weighted by atomic mass is 10.0. The zero-order chi connectivity index (χ0) is 17.6. The number of aromatic nitrogens is 1. The number of ether oxygens (including phenoxy) is 1. The van der Waals surface area contributed by atoms with Crippen molar-refractivity contribution in [1.29, 1.82) is 0 Å². The zero-order valence-electron chi connectivity index (χ0n) is 14.0. The van der Waals surface area contributed by atoms with Gasteiger partial charge in [-0.05, 0) is 41.8 Å². The van der Waals surface area contributed by atoms with E-state index in [-0.39, 0.29) is 6.42 Å². The normalized spacial score (nSPS) is 10.4. The van der Waals surface area contributed by atoms with Crippen molar-refractivity contribution in [3.8, 4) is 16.9 Å². The first-order valence-electron chi connectivity index (χ1n) is 8.05. The van der Waals surface area contributed by atoms with Gasteiger partial charge >= 0.3 is 5.97 Å². The van der Waals surface area contributed by atoms with E-state index in [4.69, 9.17) is 9.84 Å². The molecule has 3 rings (SSSR count). The van der Waals surface area contributed by atoms with Crippen LogP contribution in [0.5, 0.6) is 5.75 Å². The molecule has 25 heavy (non-hydrogen) atoms. The van der Waals surface area contributed by atoms with Crippen LogP contribution < -0.4 is 4.74 Å². The molecule has 0 saturated carbocycles. The fourth-order valence-corrected chi connectivity index (χ4v) is 2.65.